The second kappa shape index (κ2) is 7.69. The molecule has 1 unspecified atom stereocenters. The van der Waals surface area contributed by atoms with E-state index >= 15 is 0 Å². The van der Waals surface area contributed by atoms with E-state index in [2.05, 4.69) is 21.2 Å². The number of nitrogens with one attached hydrogen (secondary N) is 1. The predicted molar refractivity (Wildman–Crippen MR) is 73.3 cm³/mol. The van der Waals surface area contributed by atoms with Gasteiger partial charge < -0.3 is 15.2 Å². The van der Waals surface area contributed by atoms with Crippen molar-refractivity contribution in [1.29, 1.82) is 0 Å². The zero-order valence-electron chi connectivity index (χ0n) is 10.4. The molecule has 0 amide bonds. The molecule has 4 heteroatoms. The topological polar surface area (TPSA) is 41.5 Å². The average Bonchev–Trinajstić information content (AvgIpc) is 2.34. The highest BCUT2D eigenvalue weighted by atomic mass is 79.9. The summed E-state index contributed by atoms with van der Waals surface area (Å²) in [6.45, 7) is 3.63. The van der Waals surface area contributed by atoms with E-state index in [1.807, 2.05) is 25.1 Å². The molecule has 0 spiro atoms. The van der Waals surface area contributed by atoms with Gasteiger partial charge in [0.1, 0.15) is 5.75 Å². The Labute approximate surface area is 111 Å². The van der Waals surface area contributed by atoms with Crippen LogP contribution >= 0.6 is 15.9 Å². The van der Waals surface area contributed by atoms with Crippen LogP contribution in [0.1, 0.15) is 25.3 Å². The van der Waals surface area contributed by atoms with Gasteiger partial charge in [-0.2, -0.15) is 0 Å². The number of hydrogen-bond acceptors (Lipinski definition) is 3. The van der Waals surface area contributed by atoms with E-state index in [0.717, 1.165) is 36.2 Å². The lowest BCUT2D eigenvalue weighted by molar-refractivity contribution is 0.159. The standard InChI is InChI=1S/C13H20BrNO2/c1-3-11(16)6-7-15-9-10-4-5-13(17-2)12(14)8-10/h4-5,8,11,15-16H,3,6-7,9H2,1-2H3. The summed E-state index contributed by atoms with van der Waals surface area (Å²) in [6.07, 6.45) is 1.42. The lowest BCUT2D eigenvalue weighted by atomic mass is 10.2. The molecule has 1 aromatic carbocycles. The van der Waals surface area contributed by atoms with Gasteiger partial charge in [-0.05, 0) is 53.0 Å². The summed E-state index contributed by atoms with van der Waals surface area (Å²) in [5, 5.41) is 12.7. The molecule has 0 aromatic heterocycles. The van der Waals surface area contributed by atoms with Gasteiger partial charge in [0.05, 0.1) is 17.7 Å². The molecule has 0 aliphatic rings. The molecule has 0 heterocycles. The van der Waals surface area contributed by atoms with Crippen molar-refractivity contribution in [2.45, 2.75) is 32.4 Å². The van der Waals surface area contributed by atoms with Crippen molar-refractivity contribution in [2.24, 2.45) is 0 Å². The molecule has 0 saturated heterocycles. The summed E-state index contributed by atoms with van der Waals surface area (Å²) in [7, 11) is 1.66. The molecule has 0 fully saturated rings. The summed E-state index contributed by atoms with van der Waals surface area (Å²) in [5.74, 6) is 0.843. The molecule has 1 rings (SSSR count). The first-order valence-electron chi connectivity index (χ1n) is 5.88. The van der Waals surface area contributed by atoms with Gasteiger partial charge in [-0.3, -0.25) is 0 Å². The van der Waals surface area contributed by atoms with Gasteiger partial charge in [-0.1, -0.05) is 13.0 Å². The number of hydrogen-bond donors (Lipinski definition) is 2. The van der Waals surface area contributed by atoms with Crippen LogP contribution < -0.4 is 10.1 Å². The Hall–Kier alpha value is -0.580. The molecule has 0 aliphatic carbocycles. The number of rotatable bonds is 7. The molecule has 96 valence electrons. The maximum atomic E-state index is 9.40. The molecule has 0 radical (unpaired) electrons. The molecular weight excluding hydrogens is 282 g/mol. The van der Waals surface area contributed by atoms with Gasteiger partial charge in [-0.15, -0.1) is 0 Å². The molecule has 0 bridgehead atoms. The fraction of sp³-hybridized carbons (Fsp3) is 0.538. The molecule has 1 atom stereocenters. The van der Waals surface area contributed by atoms with Crippen LogP contribution in [0.15, 0.2) is 22.7 Å². The minimum absolute atomic E-state index is 0.190. The van der Waals surface area contributed by atoms with Crippen LogP contribution in [0.2, 0.25) is 0 Å². The molecule has 17 heavy (non-hydrogen) atoms. The minimum Gasteiger partial charge on any atom is -0.496 e. The summed E-state index contributed by atoms with van der Waals surface area (Å²) >= 11 is 3.46. The van der Waals surface area contributed by atoms with Gasteiger partial charge in [0, 0.05) is 6.54 Å². The Morgan fingerprint density at radius 2 is 2.24 bits per heavy atom. The number of ether oxygens (including phenoxy) is 1. The lowest BCUT2D eigenvalue weighted by Crippen LogP contribution is -2.19. The third-order valence-corrected chi connectivity index (χ3v) is 3.29. The van der Waals surface area contributed by atoms with Crippen LogP contribution in [0.4, 0.5) is 0 Å². The van der Waals surface area contributed by atoms with E-state index in [9.17, 15) is 5.11 Å². The van der Waals surface area contributed by atoms with Gasteiger partial charge in [0.15, 0.2) is 0 Å². The van der Waals surface area contributed by atoms with Crippen LogP contribution in [0, 0.1) is 0 Å². The second-order valence-electron chi connectivity index (χ2n) is 4.00. The number of halogens is 1. The Morgan fingerprint density at radius 3 is 2.82 bits per heavy atom. The quantitative estimate of drug-likeness (QED) is 0.761. The van der Waals surface area contributed by atoms with E-state index in [-0.39, 0.29) is 6.10 Å². The molecule has 2 N–H and O–H groups in total. The summed E-state index contributed by atoms with van der Waals surface area (Å²) in [6, 6.07) is 6.02. The van der Waals surface area contributed by atoms with E-state index in [0.29, 0.717) is 0 Å². The van der Waals surface area contributed by atoms with Crippen LogP contribution in [0.3, 0.4) is 0 Å². The predicted octanol–water partition coefficient (Wildman–Crippen LogP) is 2.71. The molecular formula is C13H20BrNO2. The molecule has 3 nitrogen and oxygen atoms in total. The van der Waals surface area contributed by atoms with Crippen molar-refractivity contribution >= 4 is 15.9 Å². The van der Waals surface area contributed by atoms with E-state index in [1.165, 1.54) is 5.56 Å². The highest BCUT2D eigenvalue weighted by Gasteiger charge is 2.02. The van der Waals surface area contributed by atoms with Gasteiger partial charge >= 0.3 is 0 Å². The van der Waals surface area contributed by atoms with Gasteiger partial charge in [0.25, 0.3) is 0 Å². The van der Waals surface area contributed by atoms with Crippen LogP contribution in [0.5, 0.6) is 5.75 Å². The summed E-state index contributed by atoms with van der Waals surface area (Å²) < 4.78 is 6.14. The van der Waals surface area contributed by atoms with Crippen molar-refractivity contribution in [3.8, 4) is 5.75 Å². The highest BCUT2D eigenvalue weighted by Crippen LogP contribution is 2.25. The van der Waals surface area contributed by atoms with Crippen LogP contribution in [-0.2, 0) is 6.54 Å². The van der Waals surface area contributed by atoms with Gasteiger partial charge in [-0.25, -0.2) is 0 Å². The van der Waals surface area contributed by atoms with E-state index in [4.69, 9.17) is 4.74 Å². The van der Waals surface area contributed by atoms with Crippen molar-refractivity contribution in [3.63, 3.8) is 0 Å². The molecule has 0 saturated carbocycles. The molecule has 0 aliphatic heterocycles. The maximum absolute atomic E-state index is 9.40. The summed E-state index contributed by atoms with van der Waals surface area (Å²) in [5.41, 5.74) is 1.20. The molecule has 1 aromatic rings. The third-order valence-electron chi connectivity index (χ3n) is 2.67. The lowest BCUT2D eigenvalue weighted by Gasteiger charge is -2.10. The summed E-state index contributed by atoms with van der Waals surface area (Å²) in [4.78, 5) is 0. The zero-order valence-corrected chi connectivity index (χ0v) is 12.0. The van der Waals surface area contributed by atoms with Crippen LogP contribution in [0.25, 0.3) is 0 Å². The van der Waals surface area contributed by atoms with Gasteiger partial charge in [0.2, 0.25) is 0 Å². The first-order chi connectivity index (χ1) is 8.17. The number of aliphatic hydroxyl groups is 1. The minimum atomic E-state index is -0.190. The third kappa shape index (κ3) is 5.06. The largest absolute Gasteiger partial charge is 0.496 e. The maximum Gasteiger partial charge on any atom is 0.133 e. The van der Waals surface area contributed by atoms with E-state index in [1.54, 1.807) is 7.11 Å². The first kappa shape index (κ1) is 14.5. The monoisotopic (exact) mass is 301 g/mol. The number of methoxy groups -OCH3 is 1. The van der Waals surface area contributed by atoms with Crippen molar-refractivity contribution < 1.29 is 9.84 Å². The highest BCUT2D eigenvalue weighted by molar-refractivity contribution is 9.10. The smallest absolute Gasteiger partial charge is 0.133 e. The van der Waals surface area contributed by atoms with Crippen molar-refractivity contribution in [3.05, 3.63) is 28.2 Å². The van der Waals surface area contributed by atoms with E-state index < -0.39 is 0 Å². The van der Waals surface area contributed by atoms with Crippen LogP contribution in [-0.4, -0.2) is 24.9 Å². The fourth-order valence-corrected chi connectivity index (χ4v) is 2.11. The SMILES string of the molecule is CCC(O)CCNCc1ccc(OC)c(Br)c1. The zero-order chi connectivity index (χ0) is 12.7. The fourth-order valence-electron chi connectivity index (χ4n) is 1.53. The number of benzene rings is 1. The number of aliphatic hydroxyl groups excluding tert-OH is 1. The van der Waals surface area contributed by atoms with Crippen molar-refractivity contribution in [1.82, 2.24) is 5.32 Å². The second-order valence-corrected chi connectivity index (χ2v) is 4.85. The Bertz CT molecular complexity index is 344. The normalized spacial score (nSPS) is 12.5. The Balaban J connectivity index is 2.34. The van der Waals surface area contributed by atoms with Crippen molar-refractivity contribution in [2.75, 3.05) is 13.7 Å². The average molecular weight is 302 g/mol. The first-order valence-corrected chi connectivity index (χ1v) is 6.67. The Morgan fingerprint density at radius 1 is 1.47 bits per heavy atom. The Kier molecular flexibility index (Phi) is 6.55.